The number of rotatable bonds is 11. The summed E-state index contributed by atoms with van der Waals surface area (Å²) in [5.74, 6) is 2.40. The van der Waals surface area contributed by atoms with Crippen LogP contribution in [0.3, 0.4) is 0 Å². The highest BCUT2D eigenvalue weighted by atomic mass is 16.5. The van der Waals surface area contributed by atoms with Crippen molar-refractivity contribution in [3.05, 3.63) is 89.7 Å². The molecule has 3 aromatic carbocycles. The van der Waals surface area contributed by atoms with Crippen LogP contribution < -0.4 is 14.8 Å². The quantitative estimate of drug-likeness (QED) is 0.320. The summed E-state index contributed by atoms with van der Waals surface area (Å²) in [6.07, 6.45) is 2.53. The lowest BCUT2D eigenvalue weighted by Crippen LogP contribution is -2.26. The summed E-state index contributed by atoms with van der Waals surface area (Å²) < 4.78 is 13.4. The third-order valence-corrected chi connectivity index (χ3v) is 5.83. The molecule has 4 aromatic rings. The van der Waals surface area contributed by atoms with E-state index in [9.17, 15) is 4.79 Å². The molecule has 4 rings (SSSR count). The molecular weight excluding hydrogens is 426 g/mol. The smallest absolute Gasteiger partial charge is 0.251 e. The predicted octanol–water partition coefficient (Wildman–Crippen LogP) is 5.05. The normalized spacial score (nSPS) is 10.9. The third-order valence-electron chi connectivity index (χ3n) is 5.83. The van der Waals surface area contributed by atoms with Gasteiger partial charge in [-0.25, -0.2) is 4.98 Å². The number of carbonyl (C=O) groups excluding carboxylic acids is 1. The summed E-state index contributed by atoms with van der Waals surface area (Å²) in [7, 11) is 1.59. The highest BCUT2D eigenvalue weighted by Crippen LogP contribution is 2.18. The number of carbonyl (C=O) groups is 1. The fourth-order valence-corrected chi connectivity index (χ4v) is 3.95. The molecule has 0 aliphatic carbocycles. The third kappa shape index (κ3) is 5.76. The molecular formula is C28H31N3O3. The first-order valence-corrected chi connectivity index (χ1v) is 11.8. The Kier molecular flexibility index (Phi) is 7.81. The summed E-state index contributed by atoms with van der Waals surface area (Å²) in [5, 5.41) is 3.00. The highest BCUT2D eigenvalue weighted by molar-refractivity contribution is 5.94. The van der Waals surface area contributed by atoms with Gasteiger partial charge in [-0.3, -0.25) is 4.79 Å². The van der Waals surface area contributed by atoms with Crippen LogP contribution in [0.15, 0.2) is 72.8 Å². The van der Waals surface area contributed by atoms with Gasteiger partial charge < -0.3 is 19.4 Å². The molecule has 0 spiro atoms. The minimum atomic E-state index is -0.121. The molecule has 176 valence electrons. The average molecular weight is 458 g/mol. The van der Waals surface area contributed by atoms with E-state index in [1.165, 1.54) is 5.56 Å². The van der Waals surface area contributed by atoms with E-state index < -0.39 is 0 Å². The molecule has 1 aromatic heterocycles. The first-order chi connectivity index (χ1) is 16.7. The molecule has 0 bridgehead atoms. The van der Waals surface area contributed by atoms with Crippen LogP contribution in [-0.4, -0.2) is 35.7 Å². The number of hydrogen-bond donors (Lipinski definition) is 1. The van der Waals surface area contributed by atoms with Gasteiger partial charge in [-0.1, -0.05) is 37.3 Å². The molecule has 0 unspecified atom stereocenters. The number of fused-ring (bicyclic) bond motifs is 1. The maximum Gasteiger partial charge on any atom is 0.251 e. The van der Waals surface area contributed by atoms with Gasteiger partial charge in [-0.05, 0) is 60.9 Å². The zero-order valence-corrected chi connectivity index (χ0v) is 19.8. The Hall–Kier alpha value is -3.80. The number of benzene rings is 3. The van der Waals surface area contributed by atoms with E-state index in [1.807, 2.05) is 42.5 Å². The minimum absolute atomic E-state index is 0.121. The highest BCUT2D eigenvalue weighted by Gasteiger charge is 2.12. The maximum absolute atomic E-state index is 12.5. The van der Waals surface area contributed by atoms with Crippen LogP contribution in [0.5, 0.6) is 11.5 Å². The molecule has 1 N–H and O–H groups in total. The summed E-state index contributed by atoms with van der Waals surface area (Å²) >= 11 is 0. The number of hydrogen-bond acceptors (Lipinski definition) is 4. The van der Waals surface area contributed by atoms with E-state index in [4.69, 9.17) is 14.5 Å². The number of amides is 1. The van der Waals surface area contributed by atoms with Crippen molar-refractivity contribution in [1.82, 2.24) is 14.9 Å². The fourth-order valence-electron chi connectivity index (χ4n) is 3.95. The molecule has 0 radical (unpaired) electrons. The number of imidazole rings is 1. The van der Waals surface area contributed by atoms with E-state index >= 15 is 0 Å². The minimum Gasteiger partial charge on any atom is -0.497 e. The Bertz CT molecular complexity index is 1230. The monoisotopic (exact) mass is 457 g/mol. The number of methoxy groups -OCH3 is 1. The summed E-state index contributed by atoms with van der Waals surface area (Å²) in [6, 6.07) is 23.6. The number of nitrogens with one attached hydrogen (secondary N) is 1. The largest absolute Gasteiger partial charge is 0.497 e. The zero-order chi connectivity index (χ0) is 23.8. The van der Waals surface area contributed by atoms with E-state index in [2.05, 4.69) is 35.0 Å². The molecule has 34 heavy (non-hydrogen) atoms. The Morgan fingerprint density at radius 3 is 2.62 bits per heavy atom. The Labute approximate surface area is 200 Å². The van der Waals surface area contributed by atoms with Gasteiger partial charge in [0.1, 0.15) is 17.3 Å². The standard InChI is InChI=1S/C28H31N3O3/c1-3-21-12-14-23(15-13-21)34-19-7-18-31-26-11-5-4-10-25(26)30-27(31)16-17-29-28(32)22-8-6-9-24(20-22)33-2/h4-6,8-15,20H,3,7,16-19H2,1-2H3,(H,29,32). The fraction of sp³-hybridized carbons (Fsp3) is 0.286. The second-order valence-corrected chi connectivity index (χ2v) is 8.11. The molecule has 0 atom stereocenters. The molecule has 0 saturated carbocycles. The van der Waals surface area contributed by atoms with Gasteiger partial charge in [0.2, 0.25) is 0 Å². The van der Waals surface area contributed by atoms with Gasteiger partial charge in [-0.2, -0.15) is 0 Å². The van der Waals surface area contributed by atoms with Gasteiger partial charge in [0.05, 0.1) is 24.8 Å². The van der Waals surface area contributed by atoms with Crippen molar-refractivity contribution in [2.24, 2.45) is 0 Å². The Morgan fingerprint density at radius 1 is 1.00 bits per heavy atom. The van der Waals surface area contributed by atoms with Crippen LogP contribution in [0.1, 0.15) is 35.1 Å². The van der Waals surface area contributed by atoms with Gasteiger partial charge in [-0.15, -0.1) is 0 Å². The lowest BCUT2D eigenvalue weighted by molar-refractivity contribution is 0.0953. The van der Waals surface area contributed by atoms with Crippen LogP contribution in [0.2, 0.25) is 0 Å². The maximum atomic E-state index is 12.5. The molecule has 6 heteroatoms. The number of para-hydroxylation sites is 2. The summed E-state index contributed by atoms with van der Waals surface area (Å²) in [5.41, 5.74) is 3.95. The topological polar surface area (TPSA) is 65.4 Å². The molecule has 1 amide bonds. The Balaban J connectivity index is 1.36. The average Bonchev–Trinajstić information content (AvgIpc) is 3.24. The van der Waals surface area contributed by atoms with Crippen molar-refractivity contribution >= 4 is 16.9 Å². The van der Waals surface area contributed by atoms with Gasteiger partial charge in [0.25, 0.3) is 5.91 Å². The number of nitrogens with zero attached hydrogens (tertiary/aromatic N) is 2. The second-order valence-electron chi connectivity index (χ2n) is 8.11. The number of ether oxygens (including phenoxy) is 2. The molecule has 1 heterocycles. The second kappa shape index (κ2) is 11.4. The number of aryl methyl sites for hydroxylation is 2. The first-order valence-electron chi connectivity index (χ1n) is 11.8. The molecule has 0 fully saturated rings. The number of aromatic nitrogens is 2. The first kappa shape index (κ1) is 23.4. The molecule has 0 aliphatic heterocycles. The Morgan fingerprint density at radius 2 is 1.82 bits per heavy atom. The lowest BCUT2D eigenvalue weighted by Gasteiger charge is -2.11. The molecule has 6 nitrogen and oxygen atoms in total. The van der Waals surface area contributed by atoms with Crippen LogP contribution >= 0.6 is 0 Å². The molecule has 0 saturated heterocycles. The summed E-state index contributed by atoms with van der Waals surface area (Å²) in [4.78, 5) is 17.4. The van der Waals surface area contributed by atoms with E-state index in [0.29, 0.717) is 30.9 Å². The van der Waals surface area contributed by atoms with E-state index in [1.54, 1.807) is 19.2 Å². The predicted molar refractivity (Wildman–Crippen MR) is 135 cm³/mol. The van der Waals surface area contributed by atoms with Gasteiger partial charge in [0, 0.05) is 25.1 Å². The van der Waals surface area contributed by atoms with Crippen molar-refractivity contribution < 1.29 is 14.3 Å². The van der Waals surface area contributed by atoms with Crippen LogP contribution in [0, 0.1) is 0 Å². The van der Waals surface area contributed by atoms with E-state index in [0.717, 1.165) is 42.0 Å². The molecule has 0 aliphatic rings. The van der Waals surface area contributed by atoms with Crippen LogP contribution in [0.25, 0.3) is 11.0 Å². The SMILES string of the molecule is CCc1ccc(OCCCn2c(CCNC(=O)c3cccc(OC)c3)nc3ccccc32)cc1. The van der Waals surface area contributed by atoms with Crippen molar-refractivity contribution in [3.8, 4) is 11.5 Å². The van der Waals surface area contributed by atoms with Crippen LogP contribution in [-0.2, 0) is 19.4 Å². The lowest BCUT2D eigenvalue weighted by atomic mass is 10.2. The van der Waals surface area contributed by atoms with Crippen molar-refractivity contribution in [2.45, 2.75) is 32.7 Å². The zero-order valence-electron chi connectivity index (χ0n) is 19.8. The van der Waals surface area contributed by atoms with Crippen molar-refractivity contribution in [3.63, 3.8) is 0 Å². The van der Waals surface area contributed by atoms with Crippen molar-refractivity contribution in [2.75, 3.05) is 20.3 Å². The van der Waals surface area contributed by atoms with Gasteiger partial charge in [0.15, 0.2) is 0 Å². The van der Waals surface area contributed by atoms with Crippen LogP contribution in [0.4, 0.5) is 0 Å². The van der Waals surface area contributed by atoms with E-state index in [-0.39, 0.29) is 5.91 Å². The van der Waals surface area contributed by atoms with Crippen molar-refractivity contribution in [1.29, 1.82) is 0 Å². The summed E-state index contributed by atoms with van der Waals surface area (Å²) in [6.45, 7) is 4.07. The van der Waals surface area contributed by atoms with Gasteiger partial charge >= 0.3 is 0 Å².